The van der Waals surface area contributed by atoms with Crippen LogP contribution in [0.5, 0.6) is 0 Å². The molecule has 0 aromatic carbocycles. The number of nitrogens with two attached hydrogens (primary N) is 1. The van der Waals surface area contributed by atoms with Crippen molar-refractivity contribution >= 4 is 0 Å². The number of aliphatic hydroxyl groups is 1. The first-order valence-corrected chi connectivity index (χ1v) is 6.65. The van der Waals surface area contributed by atoms with Gasteiger partial charge in [0.25, 0.3) is 0 Å². The topological polar surface area (TPSA) is 64.7 Å². The van der Waals surface area contributed by atoms with E-state index in [1.54, 1.807) is 0 Å². The van der Waals surface area contributed by atoms with Crippen LogP contribution in [0, 0.1) is 11.3 Å². The van der Waals surface area contributed by atoms with E-state index in [-0.39, 0.29) is 11.5 Å². The van der Waals surface area contributed by atoms with E-state index in [1.165, 1.54) is 0 Å². The summed E-state index contributed by atoms with van der Waals surface area (Å²) in [6.45, 7) is 6.69. The summed E-state index contributed by atoms with van der Waals surface area (Å²) in [5.41, 5.74) is 4.95. The Labute approximate surface area is 103 Å². The Morgan fingerprint density at radius 1 is 1.35 bits per heavy atom. The molecule has 4 nitrogen and oxygen atoms in total. The van der Waals surface area contributed by atoms with Crippen LogP contribution < -0.4 is 5.73 Å². The van der Waals surface area contributed by atoms with Crippen LogP contribution in [-0.2, 0) is 9.47 Å². The van der Waals surface area contributed by atoms with E-state index in [2.05, 4.69) is 13.8 Å². The number of ether oxygens (including phenoxy) is 2. The van der Waals surface area contributed by atoms with Gasteiger partial charge in [0.15, 0.2) is 0 Å². The van der Waals surface area contributed by atoms with Crippen LogP contribution in [0.25, 0.3) is 0 Å². The van der Waals surface area contributed by atoms with Crippen molar-refractivity contribution in [2.24, 2.45) is 17.1 Å². The van der Waals surface area contributed by atoms with Crippen molar-refractivity contribution in [2.45, 2.75) is 44.8 Å². The van der Waals surface area contributed by atoms with Crippen molar-refractivity contribution in [2.75, 3.05) is 26.4 Å². The van der Waals surface area contributed by atoms with Gasteiger partial charge in [-0.2, -0.15) is 0 Å². The third kappa shape index (κ3) is 2.24. The number of hydrogen-bond donors (Lipinski definition) is 2. The molecular formula is C13H25NO3. The summed E-state index contributed by atoms with van der Waals surface area (Å²) in [7, 11) is 0. The van der Waals surface area contributed by atoms with Crippen LogP contribution in [0.1, 0.15) is 33.1 Å². The van der Waals surface area contributed by atoms with Crippen molar-refractivity contribution in [3.63, 3.8) is 0 Å². The van der Waals surface area contributed by atoms with Gasteiger partial charge in [0.2, 0.25) is 0 Å². The summed E-state index contributed by atoms with van der Waals surface area (Å²) in [6, 6.07) is 0. The fourth-order valence-electron chi connectivity index (χ4n) is 3.11. The third-order valence-corrected chi connectivity index (χ3v) is 4.61. The summed E-state index contributed by atoms with van der Waals surface area (Å²) in [4.78, 5) is 0. The van der Waals surface area contributed by atoms with Crippen molar-refractivity contribution in [1.29, 1.82) is 0 Å². The van der Waals surface area contributed by atoms with E-state index in [0.29, 0.717) is 45.1 Å². The zero-order valence-electron chi connectivity index (χ0n) is 10.9. The van der Waals surface area contributed by atoms with Gasteiger partial charge in [-0.25, -0.2) is 0 Å². The average Bonchev–Trinajstić information content (AvgIpc) is 2.79. The molecule has 0 radical (unpaired) electrons. The maximum atomic E-state index is 11.0. The second kappa shape index (κ2) is 4.84. The lowest BCUT2D eigenvalue weighted by atomic mass is 9.65. The Morgan fingerprint density at radius 2 is 2.12 bits per heavy atom. The summed E-state index contributed by atoms with van der Waals surface area (Å²) < 4.78 is 11.2. The van der Waals surface area contributed by atoms with Gasteiger partial charge < -0.3 is 20.3 Å². The zero-order chi connectivity index (χ0) is 12.5. The van der Waals surface area contributed by atoms with Crippen molar-refractivity contribution in [1.82, 2.24) is 0 Å². The Bertz CT molecular complexity index is 263. The first-order valence-electron chi connectivity index (χ1n) is 6.65. The van der Waals surface area contributed by atoms with Gasteiger partial charge in [-0.15, -0.1) is 0 Å². The fourth-order valence-corrected chi connectivity index (χ4v) is 3.11. The summed E-state index contributed by atoms with van der Waals surface area (Å²) in [5, 5.41) is 11.0. The molecule has 0 aliphatic carbocycles. The first kappa shape index (κ1) is 13.3. The van der Waals surface area contributed by atoms with Crippen LogP contribution in [0.4, 0.5) is 0 Å². The summed E-state index contributed by atoms with van der Waals surface area (Å²) >= 11 is 0. The summed E-state index contributed by atoms with van der Waals surface area (Å²) in [5.74, 6) is 0.430. The first-order chi connectivity index (χ1) is 8.03. The monoisotopic (exact) mass is 243 g/mol. The minimum atomic E-state index is -0.717. The molecule has 2 heterocycles. The molecule has 0 saturated carbocycles. The van der Waals surface area contributed by atoms with Crippen molar-refractivity contribution in [3.8, 4) is 0 Å². The second-order valence-corrected chi connectivity index (χ2v) is 5.93. The minimum absolute atomic E-state index is 0.137. The molecule has 100 valence electrons. The predicted octanol–water partition coefficient (Wildman–Crippen LogP) is 0.918. The van der Waals surface area contributed by atoms with E-state index in [0.717, 1.165) is 6.42 Å². The van der Waals surface area contributed by atoms with Crippen LogP contribution >= 0.6 is 0 Å². The van der Waals surface area contributed by atoms with Crippen LogP contribution in [0.3, 0.4) is 0 Å². The van der Waals surface area contributed by atoms with E-state index < -0.39 is 5.60 Å². The smallest absolute Gasteiger partial charge is 0.0785 e. The van der Waals surface area contributed by atoms with Crippen molar-refractivity contribution in [3.05, 3.63) is 0 Å². The lowest BCUT2D eigenvalue weighted by Crippen LogP contribution is -2.58. The van der Waals surface area contributed by atoms with E-state index in [9.17, 15) is 5.11 Å². The molecule has 4 heteroatoms. The second-order valence-electron chi connectivity index (χ2n) is 5.93. The molecular weight excluding hydrogens is 218 g/mol. The molecule has 2 aliphatic heterocycles. The summed E-state index contributed by atoms with van der Waals surface area (Å²) in [6.07, 6.45) is 2.37. The van der Waals surface area contributed by atoms with E-state index >= 15 is 0 Å². The zero-order valence-corrected chi connectivity index (χ0v) is 10.9. The normalized spacial score (nSPS) is 43.2. The van der Waals surface area contributed by atoms with Gasteiger partial charge >= 0.3 is 0 Å². The van der Waals surface area contributed by atoms with Crippen LogP contribution in [0.2, 0.25) is 0 Å². The highest BCUT2D eigenvalue weighted by molar-refractivity contribution is 5.04. The van der Waals surface area contributed by atoms with Crippen molar-refractivity contribution < 1.29 is 14.6 Å². The molecule has 0 aromatic rings. The maximum absolute atomic E-state index is 11.0. The average molecular weight is 243 g/mol. The van der Waals surface area contributed by atoms with Gasteiger partial charge in [-0.05, 0) is 12.3 Å². The molecule has 3 N–H and O–H groups in total. The lowest BCUT2D eigenvalue weighted by molar-refractivity contribution is -0.173. The Morgan fingerprint density at radius 3 is 2.65 bits per heavy atom. The Balaban J connectivity index is 2.16. The van der Waals surface area contributed by atoms with Gasteiger partial charge in [0.05, 0.1) is 18.3 Å². The Hall–Kier alpha value is -0.160. The molecule has 0 amide bonds. The molecule has 2 rings (SSSR count). The SMILES string of the molecule is CC(C)C1CC(O)(C2(CN)CCOC2)CCO1. The number of hydrogen-bond acceptors (Lipinski definition) is 4. The molecule has 2 aliphatic rings. The Kier molecular flexibility index (Phi) is 3.78. The molecule has 0 bridgehead atoms. The predicted molar refractivity (Wildman–Crippen MR) is 65.7 cm³/mol. The van der Waals surface area contributed by atoms with Gasteiger partial charge in [-0.1, -0.05) is 13.8 Å². The molecule has 0 aromatic heterocycles. The van der Waals surface area contributed by atoms with Gasteiger partial charge in [0, 0.05) is 38.0 Å². The van der Waals surface area contributed by atoms with Crippen LogP contribution in [0.15, 0.2) is 0 Å². The number of rotatable bonds is 3. The fraction of sp³-hybridized carbons (Fsp3) is 1.00. The quantitative estimate of drug-likeness (QED) is 0.773. The van der Waals surface area contributed by atoms with Crippen LogP contribution in [-0.4, -0.2) is 43.2 Å². The molecule has 0 spiro atoms. The molecule has 17 heavy (non-hydrogen) atoms. The molecule has 2 saturated heterocycles. The van der Waals surface area contributed by atoms with Gasteiger partial charge in [-0.3, -0.25) is 0 Å². The highest BCUT2D eigenvalue weighted by atomic mass is 16.5. The van der Waals surface area contributed by atoms with E-state index in [4.69, 9.17) is 15.2 Å². The molecule has 2 fully saturated rings. The highest BCUT2D eigenvalue weighted by Crippen LogP contribution is 2.46. The maximum Gasteiger partial charge on any atom is 0.0785 e. The lowest BCUT2D eigenvalue weighted by Gasteiger charge is -2.48. The molecule has 3 unspecified atom stereocenters. The largest absolute Gasteiger partial charge is 0.389 e. The minimum Gasteiger partial charge on any atom is -0.389 e. The third-order valence-electron chi connectivity index (χ3n) is 4.61. The molecule has 3 atom stereocenters. The van der Waals surface area contributed by atoms with E-state index in [1.807, 2.05) is 0 Å². The van der Waals surface area contributed by atoms with Gasteiger partial charge in [0.1, 0.15) is 0 Å². The highest BCUT2D eigenvalue weighted by Gasteiger charge is 2.54. The standard InChI is InChI=1S/C13H25NO3/c1-10(2)11-7-13(15,4-6-17-11)12(8-14)3-5-16-9-12/h10-11,15H,3-9,14H2,1-2H3.